The van der Waals surface area contributed by atoms with E-state index in [9.17, 15) is 14.7 Å². The summed E-state index contributed by atoms with van der Waals surface area (Å²) < 4.78 is 15.9. The minimum absolute atomic E-state index is 0.0511. The zero-order chi connectivity index (χ0) is 24.0. The molecule has 9 nitrogen and oxygen atoms in total. The first-order chi connectivity index (χ1) is 15.7. The van der Waals surface area contributed by atoms with Crippen LogP contribution in [0.25, 0.3) is 22.2 Å². The first-order valence-corrected chi connectivity index (χ1v) is 10.5. The summed E-state index contributed by atoms with van der Waals surface area (Å²) in [6.07, 6.45) is 0.792. The first kappa shape index (κ1) is 23.8. The predicted octanol–water partition coefficient (Wildman–Crippen LogP) is 4.08. The van der Waals surface area contributed by atoms with Gasteiger partial charge >= 0.3 is 12.1 Å². The van der Waals surface area contributed by atoms with E-state index in [1.54, 1.807) is 45.9 Å². The average molecular weight is 453 g/mol. The number of esters is 1. The molecule has 174 valence electrons. The molecule has 0 spiro atoms. The summed E-state index contributed by atoms with van der Waals surface area (Å²) in [5, 5.41) is 14.0. The van der Waals surface area contributed by atoms with Crippen LogP contribution in [0.5, 0.6) is 11.6 Å². The number of rotatable bonds is 7. The fraction of sp³-hybridized carbons (Fsp3) is 0.333. The highest BCUT2D eigenvalue weighted by Crippen LogP contribution is 2.27. The summed E-state index contributed by atoms with van der Waals surface area (Å²) in [5.74, 6) is -0.0162. The Balaban J connectivity index is 1.80. The molecule has 0 aliphatic carbocycles. The lowest BCUT2D eigenvalue weighted by Crippen LogP contribution is -2.34. The molecular formula is C24H27N3O6. The summed E-state index contributed by atoms with van der Waals surface area (Å²) in [6.45, 7) is 7.41. The highest BCUT2D eigenvalue weighted by Gasteiger charge is 2.19. The number of ether oxygens (including phenoxy) is 3. The first-order valence-electron chi connectivity index (χ1n) is 10.5. The van der Waals surface area contributed by atoms with Gasteiger partial charge in [-0.15, -0.1) is 0 Å². The van der Waals surface area contributed by atoms with Gasteiger partial charge in [0.15, 0.2) is 5.82 Å². The van der Waals surface area contributed by atoms with Gasteiger partial charge in [-0.2, -0.15) is 4.98 Å². The molecule has 0 atom stereocenters. The summed E-state index contributed by atoms with van der Waals surface area (Å²) in [4.78, 5) is 32.8. The van der Waals surface area contributed by atoms with E-state index in [2.05, 4.69) is 15.3 Å². The van der Waals surface area contributed by atoms with E-state index >= 15 is 0 Å². The number of carbonyl (C=O) groups is 2. The van der Waals surface area contributed by atoms with Crippen molar-refractivity contribution in [3.8, 4) is 23.0 Å². The van der Waals surface area contributed by atoms with Crippen LogP contribution in [0.4, 0.5) is 4.79 Å². The van der Waals surface area contributed by atoms with Crippen molar-refractivity contribution in [1.29, 1.82) is 0 Å². The van der Waals surface area contributed by atoms with Crippen LogP contribution in [0.2, 0.25) is 0 Å². The van der Waals surface area contributed by atoms with Crippen molar-refractivity contribution in [3.05, 3.63) is 48.2 Å². The lowest BCUT2D eigenvalue weighted by Gasteiger charge is -2.19. The third-order valence-electron chi connectivity index (χ3n) is 4.34. The van der Waals surface area contributed by atoms with Gasteiger partial charge < -0.3 is 24.6 Å². The molecule has 2 N–H and O–H groups in total. The Bertz CT molecular complexity index is 1160. The van der Waals surface area contributed by atoms with Gasteiger partial charge in [0.1, 0.15) is 23.5 Å². The molecule has 0 unspecified atom stereocenters. The quantitative estimate of drug-likeness (QED) is 0.406. The lowest BCUT2D eigenvalue weighted by atomic mass is 10.1. The second kappa shape index (κ2) is 10.2. The van der Waals surface area contributed by atoms with Crippen molar-refractivity contribution in [2.45, 2.75) is 33.3 Å². The highest BCUT2D eigenvalue weighted by molar-refractivity contribution is 5.92. The van der Waals surface area contributed by atoms with Crippen LogP contribution in [0.3, 0.4) is 0 Å². The summed E-state index contributed by atoms with van der Waals surface area (Å²) in [5.41, 5.74) is 0.186. The molecule has 33 heavy (non-hydrogen) atoms. The fourth-order valence-electron chi connectivity index (χ4n) is 2.95. The second-order valence-electron chi connectivity index (χ2n) is 8.16. The van der Waals surface area contributed by atoms with Crippen LogP contribution in [0.1, 0.15) is 38.1 Å². The van der Waals surface area contributed by atoms with E-state index in [0.29, 0.717) is 11.4 Å². The van der Waals surface area contributed by atoms with E-state index in [-0.39, 0.29) is 37.0 Å². The van der Waals surface area contributed by atoms with Crippen molar-refractivity contribution >= 4 is 22.8 Å². The molecule has 1 amide bonds. The van der Waals surface area contributed by atoms with Crippen molar-refractivity contribution in [3.63, 3.8) is 0 Å². The van der Waals surface area contributed by atoms with E-state index in [1.807, 2.05) is 18.2 Å². The Labute approximate surface area is 191 Å². The largest absolute Gasteiger partial charge is 0.508 e. The van der Waals surface area contributed by atoms with E-state index < -0.39 is 17.7 Å². The maximum absolute atomic E-state index is 12.3. The number of alkyl carbamates (subject to hydrolysis) is 1. The van der Waals surface area contributed by atoms with Crippen LogP contribution in [0, 0.1) is 0 Å². The molecular weight excluding hydrogens is 426 g/mol. The Hall–Kier alpha value is -3.88. The SMILES string of the molecule is CCOC(=O)c1cnc(-c2ccc3cc(O)ccc3c2)nc1OCCNC(=O)OC(C)(C)C. The third kappa shape index (κ3) is 6.55. The molecule has 0 fully saturated rings. The summed E-state index contributed by atoms with van der Waals surface area (Å²) in [6, 6.07) is 10.6. The van der Waals surface area contributed by atoms with Crippen molar-refractivity contribution in [1.82, 2.24) is 15.3 Å². The van der Waals surface area contributed by atoms with Gasteiger partial charge in [0.25, 0.3) is 0 Å². The predicted molar refractivity (Wildman–Crippen MR) is 122 cm³/mol. The van der Waals surface area contributed by atoms with Crippen LogP contribution in [-0.2, 0) is 9.47 Å². The number of nitrogens with zero attached hydrogens (tertiary/aromatic N) is 2. The second-order valence-corrected chi connectivity index (χ2v) is 8.16. The fourth-order valence-corrected chi connectivity index (χ4v) is 2.95. The molecule has 0 aliphatic rings. The van der Waals surface area contributed by atoms with Crippen LogP contribution in [-0.4, -0.2) is 52.5 Å². The summed E-state index contributed by atoms with van der Waals surface area (Å²) >= 11 is 0. The Morgan fingerprint density at radius 1 is 1.09 bits per heavy atom. The van der Waals surface area contributed by atoms with E-state index in [0.717, 1.165) is 10.8 Å². The van der Waals surface area contributed by atoms with Crippen molar-refractivity contribution in [2.24, 2.45) is 0 Å². The number of aromatic nitrogens is 2. The van der Waals surface area contributed by atoms with Gasteiger partial charge in [-0.25, -0.2) is 14.6 Å². The number of carbonyl (C=O) groups excluding carboxylic acids is 2. The number of benzene rings is 2. The molecule has 0 saturated carbocycles. The molecule has 3 aromatic rings. The van der Waals surface area contributed by atoms with Gasteiger partial charge in [0.05, 0.1) is 13.2 Å². The van der Waals surface area contributed by atoms with Crippen LogP contribution in [0.15, 0.2) is 42.6 Å². The van der Waals surface area contributed by atoms with Gasteiger partial charge in [-0.3, -0.25) is 0 Å². The topological polar surface area (TPSA) is 120 Å². The van der Waals surface area contributed by atoms with Gasteiger partial charge in [-0.05, 0) is 56.7 Å². The average Bonchev–Trinajstić information content (AvgIpc) is 2.75. The summed E-state index contributed by atoms with van der Waals surface area (Å²) in [7, 11) is 0. The molecule has 9 heteroatoms. The van der Waals surface area contributed by atoms with E-state index in [4.69, 9.17) is 14.2 Å². The highest BCUT2D eigenvalue weighted by atomic mass is 16.6. The molecule has 0 saturated heterocycles. The van der Waals surface area contributed by atoms with Crippen molar-refractivity contribution in [2.75, 3.05) is 19.8 Å². The number of hydrogen-bond acceptors (Lipinski definition) is 8. The number of amides is 1. The third-order valence-corrected chi connectivity index (χ3v) is 4.34. The Morgan fingerprint density at radius 2 is 1.82 bits per heavy atom. The number of phenolic OH excluding ortho intramolecular Hbond substituents is 1. The minimum atomic E-state index is -0.609. The smallest absolute Gasteiger partial charge is 0.407 e. The number of nitrogens with one attached hydrogen (secondary N) is 1. The molecule has 0 radical (unpaired) electrons. The maximum Gasteiger partial charge on any atom is 0.407 e. The molecule has 2 aromatic carbocycles. The van der Waals surface area contributed by atoms with Crippen molar-refractivity contribution < 1.29 is 28.9 Å². The minimum Gasteiger partial charge on any atom is -0.508 e. The molecule has 1 heterocycles. The monoisotopic (exact) mass is 453 g/mol. The zero-order valence-corrected chi connectivity index (χ0v) is 19.0. The van der Waals surface area contributed by atoms with Gasteiger partial charge in [0, 0.05) is 11.8 Å². The van der Waals surface area contributed by atoms with Gasteiger partial charge in [-0.1, -0.05) is 18.2 Å². The molecule has 0 aliphatic heterocycles. The lowest BCUT2D eigenvalue weighted by molar-refractivity contribution is 0.0500. The standard InChI is InChI=1S/C24H27N3O6/c1-5-31-22(29)19-14-26-20(17-7-6-16-13-18(28)9-8-15(16)12-17)27-21(19)32-11-10-25-23(30)33-24(2,3)4/h6-9,12-14,28H,5,10-11H2,1-4H3,(H,25,30). The number of aromatic hydroxyl groups is 1. The van der Waals surface area contributed by atoms with Crippen LogP contribution >= 0.6 is 0 Å². The number of hydrogen-bond donors (Lipinski definition) is 2. The van der Waals surface area contributed by atoms with Crippen LogP contribution < -0.4 is 10.1 Å². The Morgan fingerprint density at radius 3 is 2.55 bits per heavy atom. The van der Waals surface area contributed by atoms with E-state index in [1.165, 1.54) is 6.20 Å². The molecule has 1 aromatic heterocycles. The zero-order valence-electron chi connectivity index (χ0n) is 19.0. The van der Waals surface area contributed by atoms with Gasteiger partial charge in [0.2, 0.25) is 5.88 Å². The molecule has 3 rings (SSSR count). The number of fused-ring (bicyclic) bond motifs is 1. The maximum atomic E-state index is 12.3. The normalized spacial score (nSPS) is 11.2. The Kier molecular flexibility index (Phi) is 7.32. The number of phenols is 1. The molecule has 0 bridgehead atoms.